The largest absolute Gasteiger partial charge is 0.394 e. The highest BCUT2D eigenvalue weighted by Gasteiger charge is 2.68. The van der Waals surface area contributed by atoms with Gasteiger partial charge in [-0.25, -0.2) is 0 Å². The Kier molecular flexibility index (Phi) is 18.1. The van der Waals surface area contributed by atoms with Gasteiger partial charge in [0, 0.05) is 12.3 Å². The number of fused-ring (bicyclic) bond motifs is 7. The van der Waals surface area contributed by atoms with E-state index in [1.54, 1.807) is 0 Å². The van der Waals surface area contributed by atoms with Crippen molar-refractivity contribution in [2.45, 2.75) is 233 Å². The molecule has 9 rings (SSSR count). The topological polar surface area (TPSA) is 387 Å². The van der Waals surface area contributed by atoms with Gasteiger partial charge in [0.25, 0.3) is 0 Å². The van der Waals surface area contributed by atoms with Crippen LogP contribution in [0.15, 0.2) is 0 Å². The predicted octanol–water partition coefficient (Wildman–Crippen LogP) is -3.95. The highest BCUT2D eigenvalue weighted by atomic mass is 16.8. The molecule has 0 bridgehead atoms. The van der Waals surface area contributed by atoms with Crippen molar-refractivity contribution in [3.8, 4) is 0 Å². The van der Waals surface area contributed by atoms with Crippen molar-refractivity contribution in [2.24, 2.45) is 52.3 Å². The van der Waals surface area contributed by atoms with E-state index in [1.807, 2.05) is 6.92 Å². The maximum absolute atomic E-state index is 12.1. The molecule has 9 unspecified atom stereocenters. The summed E-state index contributed by atoms with van der Waals surface area (Å²) in [5, 5.41) is 159. The van der Waals surface area contributed by atoms with Gasteiger partial charge < -0.3 is 119 Å². The summed E-state index contributed by atoms with van der Waals surface area (Å²) in [5.74, 6) is 0.198. The second-order valence-corrected chi connectivity index (χ2v) is 24.3. The summed E-state index contributed by atoms with van der Waals surface area (Å²) in [6, 6.07) is 0. The monoisotopic (exact) mass is 1080 g/mol. The first-order valence-corrected chi connectivity index (χ1v) is 27.4. The van der Waals surface area contributed by atoms with Crippen molar-refractivity contribution < 1.29 is 119 Å². The maximum atomic E-state index is 12.1. The Hall–Kier alpha value is -0.960. The Morgan fingerprint density at radius 3 is 1.68 bits per heavy atom. The highest BCUT2D eigenvalue weighted by Crippen LogP contribution is 2.71. The quantitative estimate of drug-likeness (QED) is 0.0656. The Balaban J connectivity index is 0.801. The summed E-state index contributed by atoms with van der Waals surface area (Å²) >= 11 is 0. The van der Waals surface area contributed by atoms with Gasteiger partial charge in [0.05, 0.1) is 45.2 Å². The molecule has 0 radical (unpaired) electrons. The van der Waals surface area contributed by atoms with Gasteiger partial charge in [-0.05, 0) is 104 Å². The molecule has 0 aromatic rings. The van der Waals surface area contributed by atoms with Crippen LogP contribution in [0, 0.1) is 52.3 Å². The summed E-state index contributed by atoms with van der Waals surface area (Å²) in [6.07, 6.45) is -24.1. The van der Waals surface area contributed by atoms with E-state index in [9.17, 15) is 76.6 Å². The molecule has 9 aliphatic rings. The van der Waals surface area contributed by atoms with Crippen LogP contribution >= 0.6 is 0 Å². The van der Waals surface area contributed by atoms with Gasteiger partial charge in [-0.3, -0.25) is 0 Å². The van der Waals surface area contributed by atoms with Crippen LogP contribution in [0.25, 0.3) is 0 Å². The van der Waals surface area contributed by atoms with Crippen molar-refractivity contribution >= 4 is 0 Å². The molecule has 434 valence electrons. The third-order valence-corrected chi connectivity index (χ3v) is 20.1. The highest BCUT2D eigenvalue weighted by molar-refractivity contribution is 5.15. The van der Waals surface area contributed by atoms with Gasteiger partial charge in [-0.1, -0.05) is 27.7 Å². The molecule has 0 spiro atoms. The third-order valence-electron chi connectivity index (χ3n) is 20.1. The lowest BCUT2D eigenvalue weighted by Gasteiger charge is -2.61. The number of hydrogen-bond acceptors (Lipinski definition) is 24. The minimum absolute atomic E-state index is 0.0147. The number of aliphatic hydroxyl groups is 15. The van der Waals surface area contributed by atoms with E-state index in [2.05, 4.69) is 20.8 Å². The Bertz CT molecular complexity index is 1870. The lowest BCUT2D eigenvalue weighted by atomic mass is 9.44. The summed E-state index contributed by atoms with van der Waals surface area (Å²) in [7, 11) is 0. The van der Waals surface area contributed by atoms with Crippen LogP contribution in [0.3, 0.4) is 0 Å². The van der Waals surface area contributed by atoms with E-state index in [4.69, 9.17) is 42.6 Å². The van der Waals surface area contributed by atoms with Crippen molar-refractivity contribution in [3.05, 3.63) is 0 Å². The van der Waals surface area contributed by atoms with Gasteiger partial charge >= 0.3 is 0 Å². The van der Waals surface area contributed by atoms with E-state index in [0.29, 0.717) is 43.4 Å². The second kappa shape index (κ2) is 23.1. The van der Waals surface area contributed by atoms with Crippen LogP contribution in [0.1, 0.15) is 91.9 Å². The molecule has 5 heterocycles. The first kappa shape index (κ1) is 58.7. The smallest absolute Gasteiger partial charge is 0.187 e. The van der Waals surface area contributed by atoms with E-state index in [0.717, 1.165) is 38.5 Å². The first-order valence-electron chi connectivity index (χ1n) is 27.4. The number of rotatable bonds is 16. The fourth-order valence-electron chi connectivity index (χ4n) is 15.6. The lowest BCUT2D eigenvalue weighted by molar-refractivity contribution is -0.387. The Morgan fingerprint density at radius 1 is 0.533 bits per heavy atom. The van der Waals surface area contributed by atoms with E-state index >= 15 is 0 Å². The molecule has 5 saturated heterocycles. The molecule has 32 atom stereocenters. The zero-order valence-electron chi connectivity index (χ0n) is 43.2. The molecule has 0 aromatic heterocycles. The molecule has 4 aliphatic carbocycles. The van der Waals surface area contributed by atoms with Crippen molar-refractivity contribution in [2.75, 3.05) is 33.0 Å². The zero-order valence-corrected chi connectivity index (χ0v) is 43.2. The molecule has 0 aromatic carbocycles. The molecular weight excluding hydrogens is 997 g/mol. The van der Waals surface area contributed by atoms with Gasteiger partial charge in [-0.15, -0.1) is 0 Å². The van der Waals surface area contributed by atoms with Crippen LogP contribution in [0.4, 0.5) is 0 Å². The minimum Gasteiger partial charge on any atom is -0.394 e. The molecule has 0 amide bonds. The zero-order chi connectivity index (χ0) is 54.2. The second-order valence-electron chi connectivity index (χ2n) is 24.3. The maximum Gasteiger partial charge on any atom is 0.187 e. The molecule has 5 aliphatic heterocycles. The average molecular weight is 1080 g/mol. The number of ether oxygens (including phenoxy) is 9. The summed E-state index contributed by atoms with van der Waals surface area (Å²) in [6.45, 7) is 6.20. The Morgan fingerprint density at radius 2 is 1.05 bits per heavy atom. The van der Waals surface area contributed by atoms with Crippen molar-refractivity contribution in [1.82, 2.24) is 0 Å². The molecule has 75 heavy (non-hydrogen) atoms. The molecule has 24 nitrogen and oxygen atoms in total. The standard InChI is InChI=1S/C51H86O24/c1-20(19-67-45-40(63)36(59)33(56)28(15-52)69-45)7-12-51(66)21(2)32-27(75-51)14-26-24-6-5-22-13-23(8-10-49(22,3)25(24)9-11-50(26,32)4)68-48-44(38(61)35(58)30(17-54)71-48)74-47-42(65)39(62)43(31(18-55)72-47)73-46-41(64)37(60)34(57)29(16-53)70-46/h20-48,52-66H,5-19H2,1-4H3/t20-,21+,22?,23?,24?,25?,26?,27?,28-,29-,30-,31-,32?,33-,34-,35+,36+,37+,38+,39-,40-,41-,42-,43-,44-,45-,46+,47-,48-,49?,50?,51-/m1/s1. The fourth-order valence-corrected chi connectivity index (χ4v) is 15.6. The normalized spacial score (nSPS) is 55.4. The number of aliphatic hydroxyl groups excluding tert-OH is 14. The summed E-state index contributed by atoms with van der Waals surface area (Å²) in [5.41, 5.74) is -0.0562. The molecular formula is C51H86O24. The fraction of sp³-hybridized carbons (Fsp3) is 1.00. The molecule has 15 N–H and O–H groups in total. The van der Waals surface area contributed by atoms with Gasteiger partial charge in [0.2, 0.25) is 0 Å². The first-order chi connectivity index (χ1) is 35.5. The third kappa shape index (κ3) is 10.7. The van der Waals surface area contributed by atoms with Gasteiger partial charge in [0.1, 0.15) is 97.7 Å². The van der Waals surface area contributed by atoms with Crippen molar-refractivity contribution in [3.63, 3.8) is 0 Å². The SMILES string of the molecule is C[C@H](CC[C@@]1(O)OC2CC3C4CCC5CC(O[C@@H]6O[C@H](CO)[C@H](O)[C@H](O)[C@H]6O[C@H]6O[C@H](CO)[C@@H](O[C@@H]7O[C@H](CO)[C@@H](O)[C@H](O)[C@H]7O)[C@H](O)[C@H]6O)CCC5(C)C4CCC3(C)C2[C@@H]1C)CO[C@@H]1O[C@H](CO)[C@@H](O)[C@H](O)[C@H]1O. The average Bonchev–Trinajstić information content (AvgIpc) is 3.83. The molecule has 4 saturated carbocycles. The Labute approximate surface area is 436 Å². The van der Waals surface area contributed by atoms with Gasteiger partial charge in [-0.2, -0.15) is 0 Å². The summed E-state index contributed by atoms with van der Waals surface area (Å²) in [4.78, 5) is 0. The van der Waals surface area contributed by atoms with Gasteiger partial charge in [0.15, 0.2) is 30.9 Å². The van der Waals surface area contributed by atoms with E-state index in [1.165, 1.54) is 0 Å². The number of hydrogen-bond donors (Lipinski definition) is 15. The summed E-state index contributed by atoms with van der Waals surface area (Å²) < 4.78 is 53.7. The van der Waals surface area contributed by atoms with Crippen LogP contribution in [-0.2, 0) is 42.6 Å². The van der Waals surface area contributed by atoms with Crippen LogP contribution < -0.4 is 0 Å². The molecule has 9 fully saturated rings. The molecule has 24 heteroatoms. The van der Waals surface area contributed by atoms with Crippen LogP contribution in [-0.4, -0.2) is 250 Å². The van der Waals surface area contributed by atoms with Crippen molar-refractivity contribution in [1.29, 1.82) is 0 Å². The minimum atomic E-state index is -1.94. The predicted molar refractivity (Wildman–Crippen MR) is 252 cm³/mol. The van der Waals surface area contributed by atoms with E-state index in [-0.39, 0.29) is 47.2 Å². The van der Waals surface area contributed by atoms with E-state index < -0.39 is 161 Å². The lowest BCUT2D eigenvalue weighted by Crippen LogP contribution is -2.66. The van der Waals surface area contributed by atoms with Crippen LogP contribution in [0.2, 0.25) is 0 Å². The van der Waals surface area contributed by atoms with Crippen LogP contribution in [0.5, 0.6) is 0 Å².